The number of anilines is 2. The lowest BCUT2D eigenvalue weighted by Crippen LogP contribution is -2.43. The lowest BCUT2D eigenvalue weighted by Gasteiger charge is -2.35. The Morgan fingerprint density at radius 1 is 1.11 bits per heavy atom. The van der Waals surface area contributed by atoms with Gasteiger partial charge in [-0.15, -0.1) is 0 Å². The summed E-state index contributed by atoms with van der Waals surface area (Å²) >= 11 is 0. The van der Waals surface area contributed by atoms with E-state index in [9.17, 15) is 5.11 Å². The van der Waals surface area contributed by atoms with Crippen LogP contribution in [-0.2, 0) is 11.2 Å². The number of fused-ring (bicyclic) bond motifs is 1. The zero-order valence-electron chi connectivity index (χ0n) is 21.6. The number of aryl methyl sites for hydroxylation is 1. The summed E-state index contributed by atoms with van der Waals surface area (Å²) in [7, 11) is 0. The van der Waals surface area contributed by atoms with Gasteiger partial charge in [0, 0.05) is 62.4 Å². The van der Waals surface area contributed by atoms with Gasteiger partial charge in [0.2, 0.25) is 0 Å². The molecule has 2 fully saturated rings. The van der Waals surface area contributed by atoms with Crippen LogP contribution in [0, 0.1) is 0 Å². The van der Waals surface area contributed by atoms with Crippen molar-refractivity contribution >= 4 is 22.7 Å². The van der Waals surface area contributed by atoms with Gasteiger partial charge in [-0.3, -0.25) is 4.68 Å². The van der Waals surface area contributed by atoms with Crippen molar-refractivity contribution in [1.29, 1.82) is 0 Å². The van der Waals surface area contributed by atoms with E-state index in [1.54, 1.807) is 6.20 Å². The molecule has 10 nitrogen and oxygen atoms in total. The summed E-state index contributed by atoms with van der Waals surface area (Å²) in [4.78, 5) is 16.7. The van der Waals surface area contributed by atoms with Gasteiger partial charge in [-0.1, -0.05) is 6.92 Å². The monoisotopic (exact) mass is 494 g/mol. The van der Waals surface area contributed by atoms with E-state index in [4.69, 9.17) is 25.5 Å². The molecule has 0 atom stereocenters. The van der Waals surface area contributed by atoms with Crippen LogP contribution in [0.5, 0.6) is 0 Å². The summed E-state index contributed by atoms with van der Waals surface area (Å²) in [5, 5.41) is 18.5. The molecule has 0 amide bonds. The van der Waals surface area contributed by atoms with Crippen molar-refractivity contribution in [2.24, 2.45) is 0 Å². The average molecular weight is 495 g/mol. The summed E-state index contributed by atoms with van der Waals surface area (Å²) in [5.74, 6) is 1.20. The SMILES string of the molecule is CCc1nc2c(N)ncc(-c3cnn(C4CCN(CC(C)(C)O)CC4)c3)c2nc1NC1CCOCC1. The van der Waals surface area contributed by atoms with Gasteiger partial charge in [0.15, 0.2) is 5.82 Å². The number of β-amino-alcohol motifs (C(OH)–C–C–N with tert-alkyl or cyclic N) is 1. The van der Waals surface area contributed by atoms with E-state index in [0.29, 0.717) is 30.0 Å². The first-order valence-electron chi connectivity index (χ1n) is 13.1. The summed E-state index contributed by atoms with van der Waals surface area (Å²) in [6.45, 7) is 9.91. The summed E-state index contributed by atoms with van der Waals surface area (Å²) in [6.07, 6.45) is 10.4. The molecule has 10 heteroatoms. The average Bonchev–Trinajstić information content (AvgIpc) is 3.34. The topological polar surface area (TPSA) is 127 Å². The number of hydrogen-bond acceptors (Lipinski definition) is 9. The van der Waals surface area contributed by atoms with Crippen LogP contribution < -0.4 is 11.1 Å². The number of likely N-dealkylation sites (tertiary alicyclic amines) is 1. The maximum atomic E-state index is 10.1. The molecule has 36 heavy (non-hydrogen) atoms. The molecular weight excluding hydrogens is 456 g/mol. The van der Waals surface area contributed by atoms with Crippen molar-refractivity contribution in [1.82, 2.24) is 29.6 Å². The summed E-state index contributed by atoms with van der Waals surface area (Å²) < 4.78 is 7.58. The van der Waals surface area contributed by atoms with E-state index < -0.39 is 5.60 Å². The van der Waals surface area contributed by atoms with Crippen molar-refractivity contribution in [3.05, 3.63) is 24.3 Å². The molecule has 0 saturated carbocycles. The van der Waals surface area contributed by atoms with Crippen molar-refractivity contribution in [2.45, 2.75) is 70.6 Å². The number of rotatable bonds is 7. The van der Waals surface area contributed by atoms with Crippen molar-refractivity contribution in [3.63, 3.8) is 0 Å². The number of pyridine rings is 1. The van der Waals surface area contributed by atoms with Crippen LogP contribution in [0.2, 0.25) is 0 Å². The van der Waals surface area contributed by atoms with Gasteiger partial charge in [-0.05, 0) is 46.0 Å². The quantitative estimate of drug-likeness (QED) is 0.454. The number of aliphatic hydroxyl groups is 1. The first-order chi connectivity index (χ1) is 17.3. The molecule has 2 saturated heterocycles. The van der Waals surface area contributed by atoms with Crippen LogP contribution >= 0.6 is 0 Å². The van der Waals surface area contributed by atoms with Crippen LogP contribution in [0.3, 0.4) is 0 Å². The Bertz CT molecular complexity index is 1190. The number of piperidine rings is 1. The molecule has 2 aliphatic heterocycles. The largest absolute Gasteiger partial charge is 0.389 e. The number of aromatic nitrogens is 5. The number of nitrogens with two attached hydrogens (primary N) is 1. The van der Waals surface area contributed by atoms with Crippen LogP contribution in [-0.4, -0.2) is 79.2 Å². The van der Waals surface area contributed by atoms with E-state index in [1.807, 2.05) is 20.0 Å². The maximum Gasteiger partial charge on any atom is 0.151 e. The second kappa shape index (κ2) is 10.3. The summed E-state index contributed by atoms with van der Waals surface area (Å²) in [6, 6.07) is 0.650. The van der Waals surface area contributed by atoms with E-state index in [2.05, 4.69) is 33.0 Å². The number of nitrogens with zero attached hydrogens (tertiary/aromatic N) is 6. The van der Waals surface area contributed by atoms with E-state index >= 15 is 0 Å². The Balaban J connectivity index is 1.41. The normalized spacial score (nSPS) is 18.7. The number of ether oxygens (including phenoxy) is 1. The second-order valence-electron chi connectivity index (χ2n) is 10.7. The highest BCUT2D eigenvalue weighted by Gasteiger charge is 2.26. The Morgan fingerprint density at radius 2 is 1.86 bits per heavy atom. The van der Waals surface area contributed by atoms with Gasteiger partial charge in [0.25, 0.3) is 0 Å². The van der Waals surface area contributed by atoms with E-state index in [-0.39, 0.29) is 0 Å². The molecule has 4 N–H and O–H groups in total. The van der Waals surface area contributed by atoms with E-state index in [0.717, 1.165) is 86.6 Å². The predicted octanol–water partition coefficient (Wildman–Crippen LogP) is 3.03. The van der Waals surface area contributed by atoms with Gasteiger partial charge in [0.05, 0.1) is 23.5 Å². The summed E-state index contributed by atoms with van der Waals surface area (Å²) in [5.41, 5.74) is 9.69. The van der Waals surface area contributed by atoms with Gasteiger partial charge in [-0.25, -0.2) is 15.0 Å². The zero-order chi connectivity index (χ0) is 25.3. The molecule has 2 aliphatic rings. The first kappa shape index (κ1) is 24.9. The number of nitrogen functional groups attached to an aromatic ring is 1. The van der Waals surface area contributed by atoms with Gasteiger partial charge in [-0.2, -0.15) is 5.10 Å². The molecule has 0 radical (unpaired) electrons. The zero-order valence-corrected chi connectivity index (χ0v) is 21.6. The fourth-order valence-electron chi connectivity index (χ4n) is 5.27. The third-order valence-corrected chi connectivity index (χ3v) is 7.15. The molecule has 0 aromatic carbocycles. The van der Waals surface area contributed by atoms with Crippen LogP contribution in [0.4, 0.5) is 11.6 Å². The Morgan fingerprint density at radius 3 is 2.56 bits per heavy atom. The van der Waals surface area contributed by atoms with Gasteiger partial charge in [0.1, 0.15) is 16.9 Å². The molecule has 3 aromatic heterocycles. The maximum absolute atomic E-state index is 10.1. The van der Waals surface area contributed by atoms with Gasteiger partial charge < -0.3 is 25.8 Å². The molecule has 5 heterocycles. The molecule has 0 bridgehead atoms. The van der Waals surface area contributed by atoms with Crippen LogP contribution in [0.1, 0.15) is 58.2 Å². The number of hydrogen-bond donors (Lipinski definition) is 3. The molecular formula is C26H38N8O2. The third-order valence-electron chi connectivity index (χ3n) is 7.15. The van der Waals surface area contributed by atoms with Crippen LogP contribution in [0.25, 0.3) is 22.2 Å². The molecule has 0 spiro atoms. The third kappa shape index (κ3) is 5.45. The molecule has 0 unspecified atom stereocenters. The smallest absolute Gasteiger partial charge is 0.151 e. The van der Waals surface area contributed by atoms with Crippen molar-refractivity contribution in [2.75, 3.05) is 43.9 Å². The predicted molar refractivity (Wildman–Crippen MR) is 141 cm³/mol. The fraction of sp³-hybridized carbons (Fsp3) is 0.615. The second-order valence-corrected chi connectivity index (χ2v) is 10.7. The molecule has 194 valence electrons. The number of nitrogens with one attached hydrogen (secondary N) is 1. The highest BCUT2D eigenvalue weighted by Crippen LogP contribution is 2.32. The minimum Gasteiger partial charge on any atom is -0.389 e. The Labute approximate surface area is 212 Å². The van der Waals surface area contributed by atoms with Gasteiger partial charge >= 0.3 is 0 Å². The van der Waals surface area contributed by atoms with Crippen LogP contribution in [0.15, 0.2) is 18.6 Å². The van der Waals surface area contributed by atoms with Crippen molar-refractivity contribution < 1.29 is 9.84 Å². The van der Waals surface area contributed by atoms with Crippen molar-refractivity contribution in [3.8, 4) is 11.1 Å². The first-order valence-corrected chi connectivity index (χ1v) is 13.1. The highest BCUT2D eigenvalue weighted by molar-refractivity contribution is 5.96. The standard InChI is InChI=1S/C26H38N8O2/c1-4-21-25(30-18-7-11-36-12-8-18)32-22-20(14-28-24(27)23(22)31-21)17-13-29-34(15-17)19-5-9-33(10-6-19)16-26(2,3)35/h13-15,18-19,35H,4-12,16H2,1-3H3,(H2,27,28)(H,30,32). The minimum atomic E-state index is -0.675. The molecule has 5 rings (SSSR count). The van der Waals surface area contributed by atoms with E-state index in [1.165, 1.54) is 0 Å². The highest BCUT2D eigenvalue weighted by atomic mass is 16.5. The Hall–Kier alpha value is -2.82. The molecule has 0 aliphatic carbocycles. The minimum absolute atomic E-state index is 0.323. The Kier molecular flexibility index (Phi) is 7.09. The molecule has 3 aromatic rings. The fourth-order valence-corrected chi connectivity index (χ4v) is 5.27. The lowest BCUT2D eigenvalue weighted by molar-refractivity contribution is 0.0246. The lowest BCUT2D eigenvalue weighted by atomic mass is 10.0.